The summed E-state index contributed by atoms with van der Waals surface area (Å²) >= 11 is 0. The molecule has 1 aliphatic rings. The van der Waals surface area contributed by atoms with E-state index >= 15 is 0 Å². The van der Waals surface area contributed by atoms with Crippen molar-refractivity contribution >= 4 is 11.5 Å². The number of aromatic nitrogens is 3. The lowest BCUT2D eigenvalue weighted by atomic mass is 9.80. The van der Waals surface area contributed by atoms with E-state index in [1.54, 1.807) is 6.20 Å². The third-order valence-electron chi connectivity index (χ3n) is 5.41. The highest BCUT2D eigenvalue weighted by atomic mass is 16.2. The number of hydrogen-bond acceptors (Lipinski definition) is 3. The Bertz CT molecular complexity index is 936. The number of urea groups is 1. The van der Waals surface area contributed by atoms with Crippen LogP contribution in [0.1, 0.15) is 36.3 Å². The van der Waals surface area contributed by atoms with Gasteiger partial charge >= 0.3 is 6.03 Å². The van der Waals surface area contributed by atoms with Crippen molar-refractivity contribution in [1.82, 2.24) is 19.3 Å². The Morgan fingerprint density at radius 3 is 2.81 bits per heavy atom. The van der Waals surface area contributed by atoms with Crippen LogP contribution >= 0.6 is 0 Å². The van der Waals surface area contributed by atoms with Crippen molar-refractivity contribution in [2.24, 2.45) is 5.73 Å². The van der Waals surface area contributed by atoms with E-state index in [2.05, 4.69) is 21.5 Å². The molecule has 2 aromatic heterocycles. The van der Waals surface area contributed by atoms with Gasteiger partial charge in [-0.3, -0.25) is 9.38 Å². The minimum absolute atomic E-state index is 0.386. The van der Waals surface area contributed by atoms with Crippen molar-refractivity contribution in [3.63, 3.8) is 0 Å². The lowest BCUT2D eigenvalue weighted by molar-refractivity contribution is 0.0712. The third-order valence-corrected chi connectivity index (χ3v) is 5.41. The fraction of sp³-hybridized carbons (Fsp3) is 0.350. The standard InChI is InChI=1S/C20H23N5O/c1-15-17-14-23-18(24(17)12-10-22-15)20(13-16-7-3-2-4-8-16)9-5-6-11-25(20)19(21)26/h2-4,7-8,10,12,14H,5-6,9,11,13H2,1H3,(H2,21,26)/t20-/m0/s1. The summed E-state index contributed by atoms with van der Waals surface area (Å²) in [5.74, 6) is 0.861. The first-order valence-electron chi connectivity index (χ1n) is 9.02. The number of piperidine rings is 1. The molecular weight excluding hydrogens is 326 g/mol. The topological polar surface area (TPSA) is 76.5 Å². The molecule has 1 saturated heterocycles. The maximum absolute atomic E-state index is 12.4. The van der Waals surface area contributed by atoms with E-state index in [4.69, 9.17) is 10.7 Å². The number of likely N-dealkylation sites (tertiary alicyclic amines) is 1. The zero-order valence-electron chi connectivity index (χ0n) is 14.9. The highest BCUT2D eigenvalue weighted by molar-refractivity contribution is 5.73. The maximum atomic E-state index is 12.4. The van der Waals surface area contributed by atoms with E-state index in [1.807, 2.05) is 42.4 Å². The van der Waals surface area contributed by atoms with Crippen molar-refractivity contribution in [1.29, 1.82) is 0 Å². The number of rotatable bonds is 3. The smallest absolute Gasteiger partial charge is 0.315 e. The Kier molecular flexibility index (Phi) is 4.11. The van der Waals surface area contributed by atoms with Gasteiger partial charge in [0.1, 0.15) is 11.4 Å². The second-order valence-corrected chi connectivity index (χ2v) is 6.99. The average Bonchev–Trinajstić information content (AvgIpc) is 3.09. The molecule has 1 aromatic carbocycles. The average molecular weight is 349 g/mol. The number of nitrogens with zero attached hydrogens (tertiary/aromatic N) is 4. The molecule has 4 rings (SSSR count). The molecule has 6 heteroatoms. The van der Waals surface area contributed by atoms with Crippen molar-refractivity contribution < 1.29 is 4.79 Å². The minimum atomic E-state index is -0.550. The molecule has 6 nitrogen and oxygen atoms in total. The van der Waals surface area contributed by atoms with Crippen LogP contribution in [0.3, 0.4) is 0 Å². The van der Waals surface area contributed by atoms with Gasteiger partial charge in [-0.1, -0.05) is 30.3 Å². The minimum Gasteiger partial charge on any atom is -0.351 e. The molecule has 1 aliphatic heterocycles. The summed E-state index contributed by atoms with van der Waals surface area (Å²) in [6, 6.07) is 9.86. The molecule has 3 heterocycles. The zero-order chi connectivity index (χ0) is 18.1. The first-order valence-corrected chi connectivity index (χ1v) is 9.02. The number of imidazole rings is 1. The van der Waals surface area contributed by atoms with Gasteiger partial charge in [-0.25, -0.2) is 9.78 Å². The number of carbonyl (C=O) groups is 1. The monoisotopic (exact) mass is 349 g/mol. The Hall–Kier alpha value is -2.89. The van der Waals surface area contributed by atoms with Gasteiger partial charge < -0.3 is 10.6 Å². The molecule has 3 aromatic rings. The van der Waals surface area contributed by atoms with Gasteiger partial charge in [-0.2, -0.15) is 0 Å². The first kappa shape index (κ1) is 16.6. The van der Waals surface area contributed by atoms with Crippen LogP contribution in [0.4, 0.5) is 4.79 Å². The van der Waals surface area contributed by atoms with Crippen LogP contribution in [0.2, 0.25) is 0 Å². The lowest BCUT2D eigenvalue weighted by Gasteiger charge is -2.45. The summed E-state index contributed by atoms with van der Waals surface area (Å²) in [5.41, 5.74) is 8.32. The lowest BCUT2D eigenvalue weighted by Crippen LogP contribution is -2.56. The molecular formula is C20H23N5O. The van der Waals surface area contributed by atoms with Crippen molar-refractivity contribution in [2.45, 2.75) is 38.1 Å². The summed E-state index contributed by atoms with van der Waals surface area (Å²) in [6.45, 7) is 2.62. The van der Waals surface area contributed by atoms with Gasteiger partial charge in [0, 0.05) is 25.4 Å². The van der Waals surface area contributed by atoms with Crippen LogP contribution in [0.25, 0.3) is 5.52 Å². The van der Waals surface area contributed by atoms with Gasteiger partial charge in [0.15, 0.2) is 0 Å². The van der Waals surface area contributed by atoms with E-state index in [1.165, 1.54) is 5.56 Å². The van der Waals surface area contributed by atoms with Crippen LogP contribution in [0.5, 0.6) is 0 Å². The van der Waals surface area contributed by atoms with E-state index in [0.29, 0.717) is 13.0 Å². The number of carbonyl (C=O) groups excluding carboxylic acids is 1. The molecule has 2 N–H and O–H groups in total. The van der Waals surface area contributed by atoms with Crippen LogP contribution in [0.15, 0.2) is 48.9 Å². The van der Waals surface area contributed by atoms with Crippen molar-refractivity contribution in [3.8, 4) is 0 Å². The molecule has 0 bridgehead atoms. The molecule has 2 amide bonds. The molecule has 0 unspecified atom stereocenters. The quantitative estimate of drug-likeness (QED) is 0.789. The highest BCUT2D eigenvalue weighted by Gasteiger charge is 2.45. The van der Waals surface area contributed by atoms with E-state index in [-0.39, 0.29) is 6.03 Å². The number of nitrogens with two attached hydrogens (primary N) is 1. The SMILES string of the molecule is Cc1nccn2c([C@@]3(Cc4ccccc4)CCCCN3C(N)=O)ncc12. The van der Waals surface area contributed by atoms with Gasteiger partial charge in [0.2, 0.25) is 0 Å². The van der Waals surface area contributed by atoms with Crippen LogP contribution in [0, 0.1) is 6.92 Å². The van der Waals surface area contributed by atoms with Crippen LogP contribution in [-0.2, 0) is 12.0 Å². The fourth-order valence-electron chi connectivity index (χ4n) is 4.19. The zero-order valence-corrected chi connectivity index (χ0v) is 14.9. The van der Waals surface area contributed by atoms with Crippen molar-refractivity contribution in [3.05, 3.63) is 66.0 Å². The number of aryl methyl sites for hydroxylation is 1. The molecule has 1 atom stereocenters. The number of hydrogen-bond donors (Lipinski definition) is 1. The molecule has 134 valence electrons. The van der Waals surface area contributed by atoms with E-state index in [0.717, 1.165) is 36.3 Å². The van der Waals surface area contributed by atoms with Gasteiger partial charge in [-0.05, 0) is 31.7 Å². The number of fused-ring (bicyclic) bond motifs is 1. The summed E-state index contributed by atoms with van der Waals surface area (Å²) in [7, 11) is 0. The Morgan fingerprint density at radius 1 is 1.23 bits per heavy atom. The van der Waals surface area contributed by atoms with E-state index in [9.17, 15) is 4.79 Å². The Balaban J connectivity index is 1.92. The van der Waals surface area contributed by atoms with Gasteiger partial charge in [0.05, 0.1) is 17.4 Å². The summed E-state index contributed by atoms with van der Waals surface area (Å²) in [4.78, 5) is 23.3. The molecule has 0 radical (unpaired) electrons. The van der Waals surface area contributed by atoms with E-state index < -0.39 is 5.54 Å². The molecule has 0 saturated carbocycles. The number of amides is 2. The summed E-state index contributed by atoms with van der Waals surface area (Å²) in [5, 5.41) is 0. The largest absolute Gasteiger partial charge is 0.351 e. The fourth-order valence-corrected chi connectivity index (χ4v) is 4.19. The molecule has 0 spiro atoms. The molecule has 1 fully saturated rings. The van der Waals surface area contributed by atoms with Gasteiger partial charge in [-0.15, -0.1) is 0 Å². The summed E-state index contributed by atoms with van der Waals surface area (Å²) < 4.78 is 2.06. The predicted molar refractivity (Wildman–Crippen MR) is 99.7 cm³/mol. The third kappa shape index (κ3) is 2.62. The first-order chi connectivity index (χ1) is 12.6. The van der Waals surface area contributed by atoms with Crippen LogP contribution < -0.4 is 5.73 Å². The number of primary amides is 1. The predicted octanol–water partition coefficient (Wildman–Crippen LogP) is 3.04. The second kappa shape index (κ2) is 6.44. The van der Waals surface area contributed by atoms with Crippen molar-refractivity contribution in [2.75, 3.05) is 6.54 Å². The summed E-state index contributed by atoms with van der Waals surface area (Å²) in [6.07, 6.45) is 9.08. The highest BCUT2D eigenvalue weighted by Crippen LogP contribution is 2.40. The Labute approximate surface area is 152 Å². The Morgan fingerprint density at radius 2 is 2.04 bits per heavy atom. The number of benzene rings is 1. The molecule has 26 heavy (non-hydrogen) atoms. The van der Waals surface area contributed by atoms with Crippen LogP contribution in [-0.4, -0.2) is 31.8 Å². The maximum Gasteiger partial charge on any atom is 0.315 e. The second-order valence-electron chi connectivity index (χ2n) is 6.99. The molecule has 0 aliphatic carbocycles. The normalized spacial score (nSPS) is 20.4. The van der Waals surface area contributed by atoms with Gasteiger partial charge in [0.25, 0.3) is 0 Å².